The Labute approximate surface area is 131 Å². The monoisotopic (exact) mass is 339 g/mol. The maximum absolute atomic E-state index is 12.4. The molecule has 3 N–H and O–H groups in total. The van der Waals surface area contributed by atoms with Crippen molar-refractivity contribution in [2.24, 2.45) is 5.29 Å². The molecule has 22 heavy (non-hydrogen) atoms. The van der Waals surface area contributed by atoms with Gasteiger partial charge in [-0.05, 0) is 0 Å². The third-order valence-electron chi connectivity index (χ3n) is 3.45. The van der Waals surface area contributed by atoms with Gasteiger partial charge in [-0.1, -0.05) is 0 Å². The number of hydrogen-bond acceptors (Lipinski definition) is 8. The fourth-order valence-electron chi connectivity index (χ4n) is 2.15. The quantitative estimate of drug-likeness (QED) is 0.231. The average Bonchev–Trinajstić information content (AvgIpc) is 3.32. The molecule has 2 amide bonds. The lowest BCUT2D eigenvalue weighted by Crippen LogP contribution is -2.62. The number of alkyl halides is 1. The van der Waals surface area contributed by atoms with E-state index in [4.69, 9.17) is 21.1 Å². The average molecular weight is 340 g/mol. The van der Waals surface area contributed by atoms with Crippen LogP contribution in [0.4, 0.5) is 4.79 Å². The summed E-state index contributed by atoms with van der Waals surface area (Å²) in [6, 6.07) is -0.821. The lowest BCUT2D eigenvalue weighted by molar-refractivity contribution is -0.220. The van der Waals surface area contributed by atoms with Crippen LogP contribution in [0.2, 0.25) is 0 Å². The van der Waals surface area contributed by atoms with Crippen LogP contribution in [0.3, 0.4) is 0 Å². The molecule has 2 heterocycles. The second-order valence-electron chi connectivity index (χ2n) is 5.06. The van der Waals surface area contributed by atoms with Crippen molar-refractivity contribution in [3.63, 3.8) is 0 Å². The summed E-state index contributed by atoms with van der Waals surface area (Å²) in [4.78, 5) is 24.2. The van der Waals surface area contributed by atoms with E-state index < -0.39 is 30.6 Å². The molecular weight excluding hydrogens is 322 g/mol. The predicted molar refractivity (Wildman–Crippen MR) is 72.8 cm³/mol. The molecule has 10 nitrogen and oxygen atoms in total. The highest BCUT2D eigenvalue weighted by atomic mass is 35.5. The van der Waals surface area contributed by atoms with Crippen molar-refractivity contribution in [2.45, 2.75) is 30.6 Å². The number of epoxide rings is 1. The van der Waals surface area contributed by atoms with Gasteiger partial charge in [-0.25, -0.2) is 4.79 Å². The van der Waals surface area contributed by atoms with Crippen molar-refractivity contribution >= 4 is 17.6 Å². The van der Waals surface area contributed by atoms with Crippen LogP contribution in [0, 0.1) is 4.91 Å². The third kappa shape index (κ3) is 3.83. The number of ether oxygens (including phenoxy) is 2. The van der Waals surface area contributed by atoms with Crippen molar-refractivity contribution in [2.75, 3.05) is 32.2 Å². The predicted octanol–water partition coefficient (Wildman–Crippen LogP) is -1.53. The molecule has 126 valence electrons. The van der Waals surface area contributed by atoms with Gasteiger partial charge in [-0.3, -0.25) is 4.90 Å². The minimum absolute atomic E-state index is 0.000660. The number of rotatable bonds is 6. The van der Waals surface area contributed by atoms with Crippen LogP contribution < -0.4 is 0 Å². The van der Waals surface area contributed by atoms with Gasteiger partial charge >= 0.3 is 6.03 Å². The highest BCUT2D eigenvalue weighted by Gasteiger charge is 2.45. The third-order valence-corrected chi connectivity index (χ3v) is 3.61. The van der Waals surface area contributed by atoms with E-state index >= 15 is 0 Å². The fraction of sp³-hybridized carbons (Fsp3) is 0.909. The maximum atomic E-state index is 12.4. The van der Waals surface area contributed by atoms with Crippen molar-refractivity contribution < 1.29 is 29.6 Å². The molecule has 0 aliphatic carbocycles. The summed E-state index contributed by atoms with van der Waals surface area (Å²) in [6.45, 7) is 0.113. The zero-order chi connectivity index (χ0) is 16.3. The normalized spacial score (nSPS) is 34.1. The molecule has 0 aromatic carbocycles. The molecule has 0 aromatic heterocycles. The summed E-state index contributed by atoms with van der Waals surface area (Å²) in [6.07, 6.45) is -5.73. The number of carbonyl (C=O) groups is 1. The Kier molecular flexibility index (Phi) is 5.89. The molecule has 0 aromatic rings. The molecule has 2 aliphatic rings. The molecule has 11 heteroatoms. The first kappa shape index (κ1) is 17.3. The topological polar surface area (TPSA) is 135 Å². The summed E-state index contributed by atoms with van der Waals surface area (Å²) < 4.78 is 10.3. The second kappa shape index (κ2) is 7.49. The van der Waals surface area contributed by atoms with Crippen LogP contribution in [0.25, 0.3) is 0 Å². The standard InChI is InChI=1S/C11H18ClN3O7/c12-1-2-15(13-20)11(19)14(3-6-4-21-6)10-9(18)8(17)7(16)5-22-10/h6-10,16-18H,1-5H2/t6?,7-,8-,9+,10-/m1/s1. The number of nitroso groups, excluding NO2 is 1. The van der Waals surface area contributed by atoms with E-state index in [2.05, 4.69) is 5.29 Å². The van der Waals surface area contributed by atoms with E-state index in [1.807, 2.05) is 0 Å². The largest absolute Gasteiger partial charge is 0.388 e. The highest BCUT2D eigenvalue weighted by Crippen LogP contribution is 2.23. The molecule has 1 unspecified atom stereocenters. The Morgan fingerprint density at radius 3 is 2.45 bits per heavy atom. The first-order valence-electron chi connectivity index (χ1n) is 6.74. The van der Waals surface area contributed by atoms with Crippen LogP contribution in [0.15, 0.2) is 5.29 Å². The van der Waals surface area contributed by atoms with Gasteiger partial charge in [0.15, 0.2) is 6.23 Å². The van der Waals surface area contributed by atoms with E-state index in [0.29, 0.717) is 11.6 Å². The van der Waals surface area contributed by atoms with E-state index in [1.165, 1.54) is 0 Å². The Balaban J connectivity index is 2.14. The van der Waals surface area contributed by atoms with Crippen LogP contribution in [-0.4, -0.2) is 94.1 Å². The Morgan fingerprint density at radius 1 is 1.23 bits per heavy atom. The lowest BCUT2D eigenvalue weighted by atomic mass is 10.0. The summed E-state index contributed by atoms with van der Waals surface area (Å²) in [7, 11) is 0. The SMILES string of the molecule is O=NN(CCCl)C(=O)N(CC1CO1)[C@@H]1OC[C@@H](O)[C@@H](O)[C@@H]1O. The molecular formula is C11H18ClN3O7. The number of aliphatic hydroxyl groups excluding tert-OH is 3. The number of amides is 2. The highest BCUT2D eigenvalue weighted by molar-refractivity contribution is 6.18. The molecule has 0 spiro atoms. The van der Waals surface area contributed by atoms with Gasteiger partial charge in [-0.2, -0.15) is 5.01 Å². The minimum Gasteiger partial charge on any atom is -0.388 e. The lowest BCUT2D eigenvalue weighted by Gasteiger charge is -2.41. The molecule has 0 saturated carbocycles. The zero-order valence-electron chi connectivity index (χ0n) is 11.6. The summed E-state index contributed by atoms with van der Waals surface area (Å²) in [5.74, 6) is 0.000660. The fourth-order valence-corrected chi connectivity index (χ4v) is 2.31. The van der Waals surface area contributed by atoms with E-state index in [1.54, 1.807) is 0 Å². The Hall–Kier alpha value is -1.04. The van der Waals surface area contributed by atoms with E-state index in [0.717, 1.165) is 4.90 Å². The second-order valence-corrected chi connectivity index (χ2v) is 5.43. The van der Waals surface area contributed by atoms with Crippen molar-refractivity contribution in [1.82, 2.24) is 9.91 Å². The van der Waals surface area contributed by atoms with Crippen LogP contribution in [0.1, 0.15) is 0 Å². The number of aliphatic hydroxyl groups is 3. The van der Waals surface area contributed by atoms with Crippen molar-refractivity contribution in [1.29, 1.82) is 0 Å². The number of nitrogens with zero attached hydrogens (tertiary/aromatic N) is 3. The zero-order valence-corrected chi connectivity index (χ0v) is 12.4. The van der Waals surface area contributed by atoms with Gasteiger partial charge < -0.3 is 24.8 Å². The number of carbonyl (C=O) groups excluding carboxylic acids is 1. The first-order valence-corrected chi connectivity index (χ1v) is 7.27. The van der Waals surface area contributed by atoms with Gasteiger partial charge in [0.25, 0.3) is 0 Å². The molecule has 2 rings (SSSR count). The number of halogens is 1. The van der Waals surface area contributed by atoms with Gasteiger partial charge in [0.2, 0.25) is 0 Å². The molecule has 0 radical (unpaired) electrons. The van der Waals surface area contributed by atoms with E-state index in [-0.39, 0.29) is 31.7 Å². The van der Waals surface area contributed by atoms with Gasteiger partial charge in [0.05, 0.1) is 37.7 Å². The Morgan fingerprint density at radius 2 is 1.91 bits per heavy atom. The number of hydrogen-bond donors (Lipinski definition) is 3. The van der Waals surface area contributed by atoms with Crippen LogP contribution in [-0.2, 0) is 9.47 Å². The number of urea groups is 1. The Bertz CT molecular complexity index is 411. The molecule has 0 bridgehead atoms. The first-order chi connectivity index (χ1) is 10.5. The molecule has 5 atom stereocenters. The minimum atomic E-state index is -1.53. The molecule has 2 aliphatic heterocycles. The van der Waals surface area contributed by atoms with Gasteiger partial charge in [-0.15, -0.1) is 16.5 Å². The molecule has 2 saturated heterocycles. The molecule has 2 fully saturated rings. The van der Waals surface area contributed by atoms with E-state index in [9.17, 15) is 25.0 Å². The van der Waals surface area contributed by atoms with Crippen molar-refractivity contribution in [3.05, 3.63) is 4.91 Å². The summed E-state index contributed by atoms with van der Waals surface area (Å²) in [5.41, 5.74) is 0. The van der Waals surface area contributed by atoms with Gasteiger partial charge in [0, 0.05) is 5.88 Å². The van der Waals surface area contributed by atoms with Crippen molar-refractivity contribution in [3.8, 4) is 0 Å². The summed E-state index contributed by atoms with van der Waals surface area (Å²) in [5, 5.41) is 32.4. The summed E-state index contributed by atoms with van der Waals surface area (Å²) >= 11 is 5.51. The van der Waals surface area contributed by atoms with Gasteiger partial charge in [0.1, 0.15) is 18.3 Å². The van der Waals surface area contributed by atoms with Crippen LogP contribution in [0.5, 0.6) is 0 Å². The van der Waals surface area contributed by atoms with Crippen LogP contribution >= 0.6 is 11.6 Å². The smallest absolute Gasteiger partial charge is 0.345 e. The maximum Gasteiger partial charge on any atom is 0.345 e.